The first-order valence-corrected chi connectivity index (χ1v) is 7.50. The van der Waals surface area contributed by atoms with E-state index in [1.54, 1.807) is 7.11 Å². The summed E-state index contributed by atoms with van der Waals surface area (Å²) in [6.07, 6.45) is 1.18. The fourth-order valence-corrected chi connectivity index (χ4v) is 3.24. The molecule has 0 radical (unpaired) electrons. The number of hydrogen-bond donors (Lipinski definition) is 0. The first-order chi connectivity index (χ1) is 8.79. The highest BCUT2D eigenvalue weighted by Gasteiger charge is 2.19. The number of rotatable bonds is 5. The maximum Gasteiger partial charge on any atom is 0.348 e. The van der Waals surface area contributed by atoms with Crippen LogP contribution in [-0.2, 0) is 16.9 Å². The third kappa shape index (κ3) is 3.41. The van der Waals surface area contributed by atoms with Gasteiger partial charge in [-0.3, -0.25) is 0 Å². The third-order valence-corrected chi connectivity index (χ3v) is 4.15. The molecule has 0 fully saturated rings. The van der Waals surface area contributed by atoms with E-state index in [4.69, 9.17) is 4.74 Å². The van der Waals surface area contributed by atoms with Gasteiger partial charge in [0.25, 0.3) is 0 Å². The van der Waals surface area contributed by atoms with Crippen LogP contribution in [0.4, 0.5) is 0 Å². The molecule has 0 bridgehead atoms. The van der Waals surface area contributed by atoms with Crippen molar-refractivity contribution in [3.63, 3.8) is 0 Å². The van der Waals surface area contributed by atoms with Crippen molar-refractivity contribution in [2.24, 2.45) is 0 Å². The minimum atomic E-state index is -1.29. The summed E-state index contributed by atoms with van der Waals surface area (Å²) in [5.41, 5.74) is 2.13. The lowest BCUT2D eigenvalue weighted by Crippen LogP contribution is -1.90. The van der Waals surface area contributed by atoms with Crippen LogP contribution in [0.25, 0.3) is 0 Å². The fourth-order valence-electron chi connectivity index (χ4n) is 1.87. The summed E-state index contributed by atoms with van der Waals surface area (Å²) in [7, 11) is 0.357. The SMILES string of the molecule is COc1ccccc1C[P+](=O)Cc1ccccc1. The van der Waals surface area contributed by atoms with Crippen molar-refractivity contribution in [2.75, 3.05) is 7.11 Å². The fraction of sp³-hybridized carbons (Fsp3) is 0.200. The highest BCUT2D eigenvalue weighted by molar-refractivity contribution is 7.42. The van der Waals surface area contributed by atoms with Gasteiger partial charge in [0, 0.05) is 5.56 Å². The van der Waals surface area contributed by atoms with Crippen LogP contribution >= 0.6 is 7.80 Å². The standard InChI is InChI=1S/C15H16O2P/c1-17-15-10-6-5-9-14(15)12-18(16)11-13-7-3-2-4-8-13/h2-10H,11-12H2,1H3/q+1. The van der Waals surface area contributed by atoms with Gasteiger partial charge < -0.3 is 4.74 Å². The van der Waals surface area contributed by atoms with Gasteiger partial charge in [-0.1, -0.05) is 53.1 Å². The van der Waals surface area contributed by atoms with Crippen LogP contribution in [-0.4, -0.2) is 7.11 Å². The monoisotopic (exact) mass is 259 g/mol. The van der Waals surface area contributed by atoms with Gasteiger partial charge in [0.1, 0.15) is 5.75 Å². The molecule has 0 saturated carbocycles. The summed E-state index contributed by atoms with van der Waals surface area (Å²) >= 11 is 0. The van der Waals surface area contributed by atoms with Crippen molar-refractivity contribution in [2.45, 2.75) is 12.3 Å². The Morgan fingerprint density at radius 2 is 1.61 bits per heavy atom. The molecule has 0 aliphatic carbocycles. The molecule has 1 unspecified atom stereocenters. The lowest BCUT2D eigenvalue weighted by atomic mass is 10.2. The average Bonchev–Trinajstić information content (AvgIpc) is 2.40. The number of hydrogen-bond acceptors (Lipinski definition) is 2. The predicted molar refractivity (Wildman–Crippen MR) is 74.5 cm³/mol. The first-order valence-electron chi connectivity index (χ1n) is 5.87. The molecule has 0 saturated heterocycles. The zero-order chi connectivity index (χ0) is 12.8. The molecule has 1 atom stereocenters. The van der Waals surface area contributed by atoms with Crippen LogP contribution in [0.2, 0.25) is 0 Å². The van der Waals surface area contributed by atoms with E-state index in [-0.39, 0.29) is 0 Å². The Morgan fingerprint density at radius 3 is 2.33 bits per heavy atom. The molecule has 2 aromatic carbocycles. The molecule has 0 spiro atoms. The summed E-state index contributed by atoms with van der Waals surface area (Å²) in [4.78, 5) is 0. The Kier molecular flexibility index (Phi) is 4.49. The molecule has 3 heteroatoms. The maximum absolute atomic E-state index is 12.1. The molecule has 0 aliphatic heterocycles. The van der Waals surface area contributed by atoms with E-state index < -0.39 is 7.80 Å². The first kappa shape index (κ1) is 12.8. The van der Waals surface area contributed by atoms with Crippen molar-refractivity contribution in [3.8, 4) is 5.75 Å². The second-order valence-corrected chi connectivity index (χ2v) is 5.69. The molecule has 18 heavy (non-hydrogen) atoms. The smallest absolute Gasteiger partial charge is 0.348 e. The van der Waals surface area contributed by atoms with Crippen LogP contribution in [0, 0.1) is 0 Å². The molecule has 0 amide bonds. The van der Waals surface area contributed by atoms with Crippen LogP contribution in [0.5, 0.6) is 5.75 Å². The molecule has 0 heterocycles. The normalized spacial score (nSPS) is 11.1. The second-order valence-electron chi connectivity index (χ2n) is 4.10. The Labute approximate surface area is 108 Å². The van der Waals surface area contributed by atoms with Crippen molar-refractivity contribution in [1.29, 1.82) is 0 Å². The number of methoxy groups -OCH3 is 1. The van der Waals surface area contributed by atoms with E-state index in [1.807, 2.05) is 54.6 Å². The molecule has 2 rings (SSSR count). The summed E-state index contributed by atoms with van der Waals surface area (Å²) in [6.45, 7) is 0. The van der Waals surface area contributed by atoms with E-state index in [1.165, 1.54) is 0 Å². The zero-order valence-corrected chi connectivity index (χ0v) is 11.3. The quantitative estimate of drug-likeness (QED) is 0.751. The zero-order valence-electron chi connectivity index (χ0n) is 10.4. The molecule has 0 N–H and O–H groups in total. The molecule has 92 valence electrons. The van der Waals surface area contributed by atoms with Gasteiger partial charge in [-0.15, -0.1) is 0 Å². The molecule has 0 aromatic heterocycles. The number of para-hydroxylation sites is 1. The second kappa shape index (κ2) is 6.32. The Morgan fingerprint density at radius 1 is 0.944 bits per heavy atom. The van der Waals surface area contributed by atoms with Gasteiger partial charge >= 0.3 is 7.80 Å². The Balaban J connectivity index is 2.03. The molecular weight excluding hydrogens is 243 g/mol. The largest absolute Gasteiger partial charge is 0.496 e. The van der Waals surface area contributed by atoms with Crippen LogP contribution in [0.15, 0.2) is 54.6 Å². The number of benzene rings is 2. The van der Waals surface area contributed by atoms with Crippen molar-refractivity contribution < 1.29 is 9.30 Å². The van der Waals surface area contributed by atoms with Crippen LogP contribution in [0.1, 0.15) is 11.1 Å². The summed E-state index contributed by atoms with van der Waals surface area (Å²) < 4.78 is 17.4. The predicted octanol–water partition coefficient (Wildman–Crippen LogP) is 4.22. The highest BCUT2D eigenvalue weighted by Crippen LogP contribution is 2.34. The number of ether oxygens (including phenoxy) is 1. The van der Waals surface area contributed by atoms with Crippen molar-refractivity contribution in [3.05, 3.63) is 65.7 Å². The van der Waals surface area contributed by atoms with Gasteiger partial charge in [0.05, 0.1) is 7.11 Å². The lowest BCUT2D eigenvalue weighted by Gasteiger charge is -2.03. The molecular formula is C15H16O2P+. The highest BCUT2D eigenvalue weighted by atomic mass is 31.1. The van der Waals surface area contributed by atoms with Crippen molar-refractivity contribution >= 4 is 7.80 Å². The third-order valence-electron chi connectivity index (χ3n) is 2.74. The Hall–Kier alpha value is -1.66. The van der Waals surface area contributed by atoms with Gasteiger partial charge in [-0.05, 0) is 11.6 Å². The summed E-state index contributed by atoms with van der Waals surface area (Å²) in [5.74, 6) is 0.814. The maximum atomic E-state index is 12.1. The molecule has 0 aliphatic rings. The van der Waals surface area contributed by atoms with Gasteiger partial charge in [0.15, 0.2) is 12.3 Å². The summed E-state index contributed by atoms with van der Waals surface area (Å²) in [5, 5.41) is 0. The minimum Gasteiger partial charge on any atom is -0.496 e. The van der Waals surface area contributed by atoms with Gasteiger partial charge in [0.2, 0.25) is 0 Å². The minimum absolute atomic E-state index is 0.564. The average molecular weight is 259 g/mol. The van der Waals surface area contributed by atoms with Crippen LogP contribution in [0.3, 0.4) is 0 Å². The van der Waals surface area contributed by atoms with E-state index in [2.05, 4.69) is 0 Å². The van der Waals surface area contributed by atoms with E-state index in [9.17, 15) is 4.57 Å². The molecule has 2 aromatic rings. The topological polar surface area (TPSA) is 26.3 Å². The summed E-state index contributed by atoms with van der Waals surface area (Å²) in [6, 6.07) is 17.7. The van der Waals surface area contributed by atoms with Gasteiger partial charge in [-0.25, -0.2) is 0 Å². The Bertz CT molecular complexity index is 523. The molecule has 2 nitrogen and oxygen atoms in total. The lowest BCUT2D eigenvalue weighted by molar-refractivity contribution is 0.411. The van der Waals surface area contributed by atoms with E-state index in [0.29, 0.717) is 12.3 Å². The van der Waals surface area contributed by atoms with Crippen LogP contribution < -0.4 is 4.74 Å². The van der Waals surface area contributed by atoms with Crippen molar-refractivity contribution in [1.82, 2.24) is 0 Å². The van der Waals surface area contributed by atoms with E-state index in [0.717, 1.165) is 16.9 Å². The van der Waals surface area contributed by atoms with E-state index >= 15 is 0 Å². The van der Waals surface area contributed by atoms with Gasteiger partial charge in [-0.2, -0.15) is 0 Å².